The molecule has 0 amide bonds. The lowest BCUT2D eigenvalue weighted by Gasteiger charge is -2.30. The Morgan fingerprint density at radius 3 is 2.68 bits per heavy atom. The molecule has 2 aliphatic rings. The fraction of sp³-hybridized carbons (Fsp3) is 0.688. The van der Waals surface area contributed by atoms with E-state index in [4.69, 9.17) is 4.52 Å². The van der Waals surface area contributed by atoms with Gasteiger partial charge in [0, 0.05) is 18.7 Å². The fourth-order valence-electron chi connectivity index (χ4n) is 3.22. The van der Waals surface area contributed by atoms with Crippen molar-refractivity contribution in [1.82, 2.24) is 24.8 Å². The maximum Gasteiger partial charge on any atom is 0.240 e. The lowest BCUT2D eigenvalue weighted by molar-refractivity contribution is 0.181. The minimum absolute atomic E-state index is 0.568. The van der Waals surface area contributed by atoms with Gasteiger partial charge in [-0.05, 0) is 57.2 Å². The molecule has 0 bridgehead atoms. The normalized spacial score (nSPS) is 20.6. The molecule has 3 heterocycles. The standard InChI is InChI=1S/C16H23N5O/c1-2-21-10-14(9-17-21)12-5-7-20(8-6-12)11-15-18-16(19-22-15)13-3-4-13/h9-10,12-13H,2-8,11H2,1H3. The highest BCUT2D eigenvalue weighted by molar-refractivity contribution is 5.12. The molecule has 118 valence electrons. The van der Waals surface area contributed by atoms with E-state index in [1.807, 2.05) is 10.9 Å². The van der Waals surface area contributed by atoms with E-state index in [9.17, 15) is 0 Å². The highest BCUT2D eigenvalue weighted by Gasteiger charge is 2.29. The van der Waals surface area contributed by atoms with Crippen molar-refractivity contribution in [2.45, 2.75) is 57.5 Å². The van der Waals surface area contributed by atoms with Crippen molar-refractivity contribution < 1.29 is 4.52 Å². The van der Waals surface area contributed by atoms with Crippen LogP contribution in [-0.2, 0) is 13.1 Å². The summed E-state index contributed by atoms with van der Waals surface area (Å²) in [5.74, 6) is 2.90. The molecule has 1 saturated heterocycles. The number of piperidine rings is 1. The predicted octanol–water partition coefficient (Wildman–Crippen LogP) is 2.54. The highest BCUT2D eigenvalue weighted by Crippen LogP contribution is 2.38. The second-order valence-electron chi connectivity index (χ2n) is 6.50. The molecule has 2 aromatic heterocycles. The van der Waals surface area contributed by atoms with Crippen molar-refractivity contribution in [3.05, 3.63) is 29.7 Å². The Hall–Kier alpha value is -1.69. The number of likely N-dealkylation sites (tertiary alicyclic amines) is 1. The minimum atomic E-state index is 0.568. The number of aryl methyl sites for hydroxylation is 1. The van der Waals surface area contributed by atoms with Crippen LogP contribution in [0.4, 0.5) is 0 Å². The molecule has 6 nitrogen and oxygen atoms in total. The Balaban J connectivity index is 1.31. The molecule has 1 aliphatic carbocycles. The topological polar surface area (TPSA) is 60.0 Å². The van der Waals surface area contributed by atoms with E-state index in [2.05, 4.69) is 33.3 Å². The van der Waals surface area contributed by atoms with Gasteiger partial charge in [0.15, 0.2) is 5.82 Å². The molecule has 1 saturated carbocycles. The first-order chi connectivity index (χ1) is 10.8. The van der Waals surface area contributed by atoms with E-state index in [1.54, 1.807) is 0 Å². The first-order valence-corrected chi connectivity index (χ1v) is 8.39. The van der Waals surface area contributed by atoms with Crippen LogP contribution in [0.25, 0.3) is 0 Å². The van der Waals surface area contributed by atoms with Gasteiger partial charge in [-0.3, -0.25) is 9.58 Å². The Morgan fingerprint density at radius 2 is 2.00 bits per heavy atom. The Bertz CT molecular complexity index is 622. The van der Waals surface area contributed by atoms with Gasteiger partial charge in [0.25, 0.3) is 0 Å². The zero-order valence-corrected chi connectivity index (χ0v) is 13.1. The summed E-state index contributed by atoms with van der Waals surface area (Å²) in [6.45, 7) is 6.03. The number of hydrogen-bond donors (Lipinski definition) is 0. The van der Waals surface area contributed by atoms with Gasteiger partial charge in [-0.15, -0.1) is 0 Å². The maximum atomic E-state index is 5.38. The van der Waals surface area contributed by atoms with Crippen LogP contribution in [0.15, 0.2) is 16.9 Å². The summed E-state index contributed by atoms with van der Waals surface area (Å²) in [5, 5.41) is 8.49. The summed E-state index contributed by atoms with van der Waals surface area (Å²) in [5.41, 5.74) is 1.38. The number of nitrogens with zero attached hydrogens (tertiary/aromatic N) is 5. The van der Waals surface area contributed by atoms with Gasteiger partial charge in [0.1, 0.15) is 0 Å². The van der Waals surface area contributed by atoms with Crippen LogP contribution in [-0.4, -0.2) is 37.9 Å². The predicted molar refractivity (Wildman–Crippen MR) is 81.4 cm³/mol. The largest absolute Gasteiger partial charge is 0.338 e. The monoisotopic (exact) mass is 301 g/mol. The number of aromatic nitrogens is 4. The Kier molecular flexibility index (Phi) is 3.70. The lowest BCUT2D eigenvalue weighted by Crippen LogP contribution is -2.32. The van der Waals surface area contributed by atoms with Gasteiger partial charge in [-0.1, -0.05) is 5.16 Å². The van der Waals surface area contributed by atoms with Crippen molar-refractivity contribution in [3.8, 4) is 0 Å². The lowest BCUT2D eigenvalue weighted by atomic mass is 9.91. The van der Waals surface area contributed by atoms with Crippen LogP contribution in [0.2, 0.25) is 0 Å². The van der Waals surface area contributed by atoms with Crippen molar-refractivity contribution in [1.29, 1.82) is 0 Å². The SMILES string of the molecule is CCn1cc(C2CCN(Cc3nc(C4CC4)no3)CC2)cn1. The van der Waals surface area contributed by atoms with Crippen molar-refractivity contribution >= 4 is 0 Å². The molecule has 2 fully saturated rings. The van der Waals surface area contributed by atoms with Gasteiger partial charge in [0.2, 0.25) is 5.89 Å². The zero-order valence-electron chi connectivity index (χ0n) is 13.1. The summed E-state index contributed by atoms with van der Waals surface area (Å²) >= 11 is 0. The molecule has 2 aromatic rings. The maximum absolute atomic E-state index is 5.38. The summed E-state index contributed by atoms with van der Waals surface area (Å²) in [6.07, 6.45) is 9.02. The van der Waals surface area contributed by atoms with Gasteiger partial charge >= 0.3 is 0 Å². The van der Waals surface area contributed by atoms with E-state index < -0.39 is 0 Å². The summed E-state index contributed by atoms with van der Waals surface area (Å²) in [6, 6.07) is 0. The van der Waals surface area contributed by atoms with E-state index in [1.165, 1.54) is 31.2 Å². The molecule has 0 N–H and O–H groups in total. The molecule has 0 spiro atoms. The third-order valence-corrected chi connectivity index (χ3v) is 4.82. The zero-order chi connectivity index (χ0) is 14.9. The minimum Gasteiger partial charge on any atom is -0.338 e. The molecule has 1 aliphatic heterocycles. The Labute approximate surface area is 130 Å². The average Bonchev–Trinajstić information content (AvgIpc) is 3.11. The first kappa shape index (κ1) is 13.9. The number of rotatable bonds is 5. The molecular formula is C16H23N5O. The van der Waals surface area contributed by atoms with Crippen LogP contribution in [0.1, 0.15) is 61.7 Å². The fourth-order valence-corrected chi connectivity index (χ4v) is 3.22. The molecule has 6 heteroatoms. The van der Waals surface area contributed by atoms with Gasteiger partial charge < -0.3 is 4.52 Å². The average molecular weight is 301 g/mol. The molecule has 0 aromatic carbocycles. The summed E-state index contributed by atoms with van der Waals surface area (Å²) < 4.78 is 7.40. The third-order valence-electron chi connectivity index (χ3n) is 4.82. The van der Waals surface area contributed by atoms with E-state index in [0.29, 0.717) is 11.8 Å². The van der Waals surface area contributed by atoms with Crippen molar-refractivity contribution in [3.63, 3.8) is 0 Å². The van der Waals surface area contributed by atoms with Crippen LogP contribution >= 0.6 is 0 Å². The van der Waals surface area contributed by atoms with Crippen molar-refractivity contribution in [2.24, 2.45) is 0 Å². The quantitative estimate of drug-likeness (QED) is 0.849. The van der Waals surface area contributed by atoms with Gasteiger partial charge in [-0.25, -0.2) is 0 Å². The molecule has 0 unspecified atom stereocenters. The smallest absolute Gasteiger partial charge is 0.240 e. The second-order valence-corrected chi connectivity index (χ2v) is 6.50. The van der Waals surface area contributed by atoms with Gasteiger partial charge in [0.05, 0.1) is 12.7 Å². The Morgan fingerprint density at radius 1 is 1.18 bits per heavy atom. The van der Waals surface area contributed by atoms with Crippen LogP contribution in [0, 0.1) is 0 Å². The molecule has 0 atom stereocenters. The van der Waals surface area contributed by atoms with E-state index in [-0.39, 0.29) is 0 Å². The highest BCUT2D eigenvalue weighted by atomic mass is 16.5. The molecular weight excluding hydrogens is 278 g/mol. The van der Waals surface area contributed by atoms with E-state index in [0.717, 1.165) is 37.9 Å². The van der Waals surface area contributed by atoms with Gasteiger partial charge in [-0.2, -0.15) is 10.1 Å². The van der Waals surface area contributed by atoms with Crippen LogP contribution < -0.4 is 0 Å². The van der Waals surface area contributed by atoms with Crippen molar-refractivity contribution in [2.75, 3.05) is 13.1 Å². The van der Waals surface area contributed by atoms with Crippen LogP contribution in [0.3, 0.4) is 0 Å². The second kappa shape index (κ2) is 5.83. The van der Waals surface area contributed by atoms with Crippen LogP contribution in [0.5, 0.6) is 0 Å². The number of hydrogen-bond acceptors (Lipinski definition) is 5. The molecule has 0 radical (unpaired) electrons. The first-order valence-electron chi connectivity index (χ1n) is 8.39. The molecule has 22 heavy (non-hydrogen) atoms. The summed E-state index contributed by atoms with van der Waals surface area (Å²) in [7, 11) is 0. The summed E-state index contributed by atoms with van der Waals surface area (Å²) in [4.78, 5) is 6.95. The third kappa shape index (κ3) is 2.92. The molecule has 4 rings (SSSR count). The van der Waals surface area contributed by atoms with E-state index >= 15 is 0 Å².